The second kappa shape index (κ2) is 10.4. The number of fused-ring (bicyclic) bond motifs is 1. The third-order valence-electron chi connectivity index (χ3n) is 7.11. The van der Waals surface area contributed by atoms with Crippen LogP contribution in [0.25, 0.3) is 6.08 Å². The van der Waals surface area contributed by atoms with Gasteiger partial charge in [-0.3, -0.25) is 9.59 Å². The van der Waals surface area contributed by atoms with E-state index in [-0.39, 0.29) is 23.8 Å². The summed E-state index contributed by atoms with van der Waals surface area (Å²) in [4.78, 5) is 31.9. The highest BCUT2D eigenvalue weighted by atomic mass is 32.2. The van der Waals surface area contributed by atoms with E-state index in [4.69, 9.17) is 4.74 Å². The van der Waals surface area contributed by atoms with Crippen molar-refractivity contribution in [2.75, 3.05) is 26.3 Å². The van der Waals surface area contributed by atoms with E-state index in [9.17, 15) is 9.59 Å². The molecule has 3 atom stereocenters. The fraction of sp³-hybridized carbons (Fsp3) is 0.429. The number of hydrogen-bond donors (Lipinski definition) is 0. The van der Waals surface area contributed by atoms with Crippen LogP contribution in [0.3, 0.4) is 0 Å². The minimum atomic E-state index is -0.0209. The second-order valence-electron chi connectivity index (χ2n) is 9.51. The maximum atomic E-state index is 13.8. The predicted molar refractivity (Wildman–Crippen MR) is 136 cm³/mol. The lowest BCUT2D eigenvalue weighted by atomic mass is 9.83. The molecule has 3 fully saturated rings. The topological polar surface area (TPSA) is 49.9 Å². The van der Waals surface area contributed by atoms with E-state index in [1.807, 2.05) is 46.2 Å². The lowest BCUT2D eigenvalue weighted by Crippen LogP contribution is -2.54. The first-order valence-electron chi connectivity index (χ1n) is 12.2. The Bertz CT molecular complexity index is 1060. The molecule has 3 aliphatic rings. The normalized spacial score (nSPS) is 26.4. The van der Waals surface area contributed by atoms with Crippen LogP contribution in [-0.2, 0) is 20.9 Å². The minimum absolute atomic E-state index is 0.0209. The summed E-state index contributed by atoms with van der Waals surface area (Å²) in [5.41, 5.74) is 3.38. The zero-order chi connectivity index (χ0) is 23.5. The first-order chi connectivity index (χ1) is 16.6. The smallest absolute Gasteiger partial charge is 0.260 e. The average molecular weight is 477 g/mol. The molecule has 1 aliphatic carbocycles. The Morgan fingerprint density at radius 1 is 1.09 bits per heavy atom. The van der Waals surface area contributed by atoms with Gasteiger partial charge in [-0.05, 0) is 43.4 Å². The lowest BCUT2D eigenvalue weighted by Gasteiger charge is -2.46. The fourth-order valence-corrected chi connectivity index (χ4v) is 6.77. The van der Waals surface area contributed by atoms with Crippen LogP contribution in [0.5, 0.6) is 0 Å². The van der Waals surface area contributed by atoms with E-state index < -0.39 is 0 Å². The summed E-state index contributed by atoms with van der Waals surface area (Å²) in [6.07, 6.45) is 4.59. The molecule has 0 N–H and O–H groups in total. The molecule has 2 amide bonds. The summed E-state index contributed by atoms with van der Waals surface area (Å²) >= 11 is 1.71. The molecule has 0 spiro atoms. The maximum Gasteiger partial charge on any atom is 0.260 e. The highest BCUT2D eigenvalue weighted by Crippen LogP contribution is 2.44. The number of ether oxygens (including phenoxy) is 1. The van der Waals surface area contributed by atoms with Gasteiger partial charge in [0.2, 0.25) is 5.91 Å². The molecule has 2 aromatic rings. The Balaban J connectivity index is 1.41. The third kappa shape index (κ3) is 5.08. The van der Waals surface area contributed by atoms with Gasteiger partial charge in [0.25, 0.3) is 5.91 Å². The van der Waals surface area contributed by atoms with Crippen LogP contribution < -0.4 is 0 Å². The van der Waals surface area contributed by atoms with E-state index in [1.54, 1.807) is 11.8 Å². The van der Waals surface area contributed by atoms with Gasteiger partial charge in [-0.2, -0.15) is 0 Å². The van der Waals surface area contributed by atoms with Crippen molar-refractivity contribution in [3.8, 4) is 0 Å². The van der Waals surface area contributed by atoms with Crippen LogP contribution in [0.1, 0.15) is 36.0 Å². The van der Waals surface area contributed by atoms with Crippen molar-refractivity contribution >= 4 is 29.7 Å². The highest BCUT2D eigenvalue weighted by Gasteiger charge is 2.45. The van der Waals surface area contributed by atoms with Gasteiger partial charge in [0, 0.05) is 36.8 Å². The Morgan fingerprint density at radius 3 is 2.65 bits per heavy atom. The molecule has 2 aliphatic heterocycles. The maximum absolute atomic E-state index is 13.8. The Kier molecular flexibility index (Phi) is 7.07. The molecule has 2 heterocycles. The van der Waals surface area contributed by atoms with Gasteiger partial charge in [0.15, 0.2) is 0 Å². The number of carbonyl (C=O) groups excluding carboxylic acids is 2. The number of carbonyl (C=O) groups is 2. The second-order valence-corrected chi connectivity index (χ2v) is 10.8. The van der Waals surface area contributed by atoms with Crippen molar-refractivity contribution in [2.24, 2.45) is 5.92 Å². The van der Waals surface area contributed by atoms with Gasteiger partial charge in [-0.25, -0.2) is 0 Å². The summed E-state index contributed by atoms with van der Waals surface area (Å²) in [5, 5.41) is 0.311. The van der Waals surface area contributed by atoms with Gasteiger partial charge < -0.3 is 14.5 Å². The van der Waals surface area contributed by atoms with Crippen molar-refractivity contribution in [1.29, 1.82) is 0 Å². The quantitative estimate of drug-likeness (QED) is 0.610. The predicted octanol–water partition coefficient (Wildman–Crippen LogP) is 4.51. The van der Waals surface area contributed by atoms with Gasteiger partial charge >= 0.3 is 0 Å². The van der Waals surface area contributed by atoms with Crippen molar-refractivity contribution in [2.45, 2.75) is 44.0 Å². The molecule has 0 radical (unpaired) electrons. The number of morpholine rings is 1. The molecule has 2 saturated heterocycles. The number of thioether (sulfide) groups is 1. The summed E-state index contributed by atoms with van der Waals surface area (Å²) in [5.74, 6) is 0.295. The number of aryl methyl sites for hydroxylation is 1. The highest BCUT2D eigenvalue weighted by molar-refractivity contribution is 8.04. The molecule has 0 bridgehead atoms. The zero-order valence-electron chi connectivity index (χ0n) is 19.7. The molecule has 5 nitrogen and oxygen atoms in total. The molecular weight excluding hydrogens is 444 g/mol. The van der Waals surface area contributed by atoms with Crippen LogP contribution in [0.15, 0.2) is 59.5 Å². The molecular formula is C28H32N2O3S. The first kappa shape index (κ1) is 23.2. The van der Waals surface area contributed by atoms with Crippen LogP contribution in [0, 0.1) is 12.8 Å². The minimum Gasteiger partial charge on any atom is -0.378 e. The summed E-state index contributed by atoms with van der Waals surface area (Å²) in [7, 11) is 0. The van der Waals surface area contributed by atoms with Crippen LogP contribution in [0.2, 0.25) is 0 Å². The van der Waals surface area contributed by atoms with E-state index in [2.05, 4.69) is 31.2 Å². The van der Waals surface area contributed by atoms with Crippen LogP contribution in [-0.4, -0.2) is 59.2 Å². The molecule has 6 heteroatoms. The van der Waals surface area contributed by atoms with E-state index in [1.165, 1.54) is 5.56 Å². The molecule has 34 heavy (non-hydrogen) atoms. The Labute approximate surface area is 206 Å². The molecule has 2 aromatic carbocycles. The summed E-state index contributed by atoms with van der Waals surface area (Å²) < 4.78 is 5.43. The number of benzene rings is 2. The standard InChI is InChI=1S/C28H32N2O3S/c1-20-6-5-9-22(16-20)19-30-24-18-23(27(31)29-12-14-33-15-13-29)10-11-25(24)34-26(28(30)32)17-21-7-3-2-4-8-21/h2-9,16-17,23-25H,10-15,18-19H2,1H3/b26-17-. The van der Waals surface area contributed by atoms with E-state index in [0.717, 1.165) is 35.3 Å². The van der Waals surface area contributed by atoms with Crippen molar-refractivity contribution in [1.82, 2.24) is 9.80 Å². The SMILES string of the molecule is Cc1cccc(CN2C(=O)/C(=C/c3ccccc3)SC3CCC(C(=O)N4CCOCC4)CC32)c1. The molecule has 3 unspecified atom stereocenters. The Morgan fingerprint density at radius 2 is 1.88 bits per heavy atom. The van der Waals surface area contributed by atoms with Crippen LogP contribution >= 0.6 is 11.8 Å². The first-order valence-corrected chi connectivity index (χ1v) is 13.1. The number of rotatable bonds is 4. The Hall–Kier alpha value is -2.57. The number of nitrogens with zero attached hydrogens (tertiary/aromatic N) is 2. The van der Waals surface area contributed by atoms with Crippen molar-refractivity contribution in [3.63, 3.8) is 0 Å². The monoisotopic (exact) mass is 476 g/mol. The van der Waals surface area contributed by atoms with Gasteiger partial charge in [-0.1, -0.05) is 60.2 Å². The summed E-state index contributed by atoms with van der Waals surface area (Å²) in [6, 6.07) is 18.5. The third-order valence-corrected chi connectivity index (χ3v) is 8.51. The van der Waals surface area contributed by atoms with Crippen molar-refractivity contribution in [3.05, 3.63) is 76.2 Å². The van der Waals surface area contributed by atoms with E-state index in [0.29, 0.717) is 38.1 Å². The van der Waals surface area contributed by atoms with Crippen molar-refractivity contribution < 1.29 is 14.3 Å². The molecule has 0 aromatic heterocycles. The van der Waals surface area contributed by atoms with Gasteiger partial charge in [0.1, 0.15) is 0 Å². The van der Waals surface area contributed by atoms with Gasteiger partial charge in [0.05, 0.1) is 18.1 Å². The largest absolute Gasteiger partial charge is 0.378 e. The lowest BCUT2D eigenvalue weighted by molar-refractivity contribution is -0.143. The molecule has 5 rings (SSSR count). The van der Waals surface area contributed by atoms with E-state index >= 15 is 0 Å². The summed E-state index contributed by atoms with van der Waals surface area (Å²) in [6.45, 7) is 5.24. The van der Waals surface area contributed by atoms with Gasteiger partial charge in [-0.15, -0.1) is 11.8 Å². The molecule has 1 saturated carbocycles. The molecule has 178 valence electrons. The zero-order valence-corrected chi connectivity index (χ0v) is 20.5. The number of amides is 2. The van der Waals surface area contributed by atoms with Crippen LogP contribution in [0.4, 0.5) is 0 Å². The fourth-order valence-electron chi connectivity index (χ4n) is 5.35. The number of hydrogen-bond acceptors (Lipinski definition) is 4. The average Bonchev–Trinajstić information content (AvgIpc) is 2.87.